The van der Waals surface area contributed by atoms with E-state index in [1.165, 1.54) is 0 Å². The van der Waals surface area contributed by atoms with Crippen molar-refractivity contribution in [3.63, 3.8) is 0 Å². The van der Waals surface area contributed by atoms with E-state index >= 15 is 0 Å². The van der Waals surface area contributed by atoms with Gasteiger partial charge in [0, 0.05) is 25.9 Å². The maximum atomic E-state index is 11.4. The predicted molar refractivity (Wildman–Crippen MR) is 72.6 cm³/mol. The van der Waals surface area contributed by atoms with Crippen molar-refractivity contribution in [2.45, 2.75) is 39.5 Å². The summed E-state index contributed by atoms with van der Waals surface area (Å²) >= 11 is 0. The van der Waals surface area contributed by atoms with Crippen molar-refractivity contribution >= 4 is 11.7 Å². The lowest BCUT2D eigenvalue weighted by Crippen LogP contribution is -2.30. The number of unbranched alkanes of at least 4 members (excludes halogenated alkanes) is 1. The van der Waals surface area contributed by atoms with Crippen LogP contribution < -0.4 is 16.4 Å². The first-order valence-corrected chi connectivity index (χ1v) is 6.50. The molecule has 0 aliphatic rings. The molecule has 1 amide bonds. The molecule has 6 nitrogen and oxygen atoms in total. The number of nitrogens with one attached hydrogen (secondary N) is 2. The van der Waals surface area contributed by atoms with Gasteiger partial charge in [0.25, 0.3) is 0 Å². The topological polar surface area (TPSA) is 99.7 Å². The van der Waals surface area contributed by atoms with Gasteiger partial charge in [-0.3, -0.25) is 4.79 Å². The highest BCUT2D eigenvalue weighted by Gasteiger charge is 2.01. The van der Waals surface area contributed by atoms with Crippen LogP contribution in [0.15, 0.2) is 5.16 Å². The zero-order valence-corrected chi connectivity index (χ0v) is 11.4. The zero-order valence-electron chi connectivity index (χ0n) is 11.4. The van der Waals surface area contributed by atoms with Crippen LogP contribution in [0.5, 0.6) is 0 Å². The van der Waals surface area contributed by atoms with Crippen LogP contribution in [0.1, 0.15) is 39.5 Å². The minimum Gasteiger partial charge on any atom is -0.409 e. The Morgan fingerprint density at radius 1 is 1.28 bits per heavy atom. The lowest BCUT2D eigenvalue weighted by Gasteiger charge is -2.08. The van der Waals surface area contributed by atoms with Crippen molar-refractivity contribution in [1.29, 1.82) is 0 Å². The van der Waals surface area contributed by atoms with E-state index in [-0.39, 0.29) is 11.7 Å². The summed E-state index contributed by atoms with van der Waals surface area (Å²) in [4.78, 5) is 11.4. The SMILES string of the molecule is CC(C)CNC(=O)CCNCCCCC(N)=NO. The van der Waals surface area contributed by atoms with Gasteiger partial charge in [-0.25, -0.2) is 0 Å². The molecular weight excluding hydrogens is 232 g/mol. The van der Waals surface area contributed by atoms with E-state index in [4.69, 9.17) is 10.9 Å². The van der Waals surface area contributed by atoms with E-state index in [2.05, 4.69) is 29.6 Å². The van der Waals surface area contributed by atoms with Gasteiger partial charge in [0.15, 0.2) is 0 Å². The average Bonchev–Trinajstić information content (AvgIpc) is 2.34. The number of amides is 1. The van der Waals surface area contributed by atoms with Gasteiger partial charge in [-0.2, -0.15) is 0 Å². The van der Waals surface area contributed by atoms with Gasteiger partial charge in [0.1, 0.15) is 5.84 Å². The van der Waals surface area contributed by atoms with Gasteiger partial charge >= 0.3 is 0 Å². The second-order valence-corrected chi connectivity index (χ2v) is 4.75. The number of carbonyl (C=O) groups is 1. The molecule has 0 unspecified atom stereocenters. The fraction of sp³-hybridized carbons (Fsp3) is 0.833. The Balaban J connectivity index is 3.27. The fourth-order valence-electron chi connectivity index (χ4n) is 1.34. The molecule has 0 heterocycles. The van der Waals surface area contributed by atoms with Crippen LogP contribution in [0, 0.1) is 5.92 Å². The van der Waals surface area contributed by atoms with Crippen LogP contribution >= 0.6 is 0 Å². The molecule has 0 bridgehead atoms. The van der Waals surface area contributed by atoms with E-state index in [1.54, 1.807) is 0 Å². The van der Waals surface area contributed by atoms with Crippen molar-refractivity contribution in [2.75, 3.05) is 19.6 Å². The lowest BCUT2D eigenvalue weighted by molar-refractivity contribution is -0.121. The number of amidine groups is 1. The first-order valence-electron chi connectivity index (χ1n) is 6.50. The normalized spacial score (nSPS) is 11.8. The summed E-state index contributed by atoms with van der Waals surface area (Å²) in [6.07, 6.45) is 2.94. The minimum absolute atomic E-state index is 0.0906. The molecule has 0 saturated carbocycles. The third kappa shape index (κ3) is 11.2. The van der Waals surface area contributed by atoms with Crippen molar-refractivity contribution in [3.05, 3.63) is 0 Å². The summed E-state index contributed by atoms with van der Waals surface area (Å²) in [7, 11) is 0. The van der Waals surface area contributed by atoms with Crippen molar-refractivity contribution in [2.24, 2.45) is 16.8 Å². The third-order valence-corrected chi connectivity index (χ3v) is 2.40. The summed E-state index contributed by atoms with van der Waals surface area (Å²) in [5, 5.41) is 17.3. The van der Waals surface area contributed by atoms with Crippen LogP contribution in [0.25, 0.3) is 0 Å². The molecule has 18 heavy (non-hydrogen) atoms. The molecule has 0 aliphatic carbocycles. The van der Waals surface area contributed by atoms with E-state index in [0.717, 1.165) is 25.9 Å². The lowest BCUT2D eigenvalue weighted by atomic mass is 10.2. The summed E-state index contributed by atoms with van der Waals surface area (Å²) < 4.78 is 0. The quantitative estimate of drug-likeness (QED) is 0.152. The van der Waals surface area contributed by atoms with Crippen LogP contribution in [0.2, 0.25) is 0 Å². The Morgan fingerprint density at radius 3 is 2.61 bits per heavy atom. The highest BCUT2D eigenvalue weighted by molar-refractivity contribution is 5.79. The molecule has 6 heteroatoms. The molecule has 0 rings (SSSR count). The highest BCUT2D eigenvalue weighted by Crippen LogP contribution is 1.93. The monoisotopic (exact) mass is 258 g/mol. The van der Waals surface area contributed by atoms with Gasteiger partial charge in [0.05, 0.1) is 0 Å². The second kappa shape index (κ2) is 10.8. The molecular formula is C12H26N4O2. The molecule has 0 atom stereocenters. The van der Waals surface area contributed by atoms with E-state index in [0.29, 0.717) is 25.3 Å². The molecule has 0 aromatic heterocycles. The smallest absolute Gasteiger partial charge is 0.221 e. The Labute approximate surface area is 109 Å². The molecule has 5 N–H and O–H groups in total. The number of hydrogen-bond donors (Lipinski definition) is 4. The Kier molecular flexibility index (Phi) is 10.0. The summed E-state index contributed by atoms with van der Waals surface area (Å²) in [5.41, 5.74) is 5.34. The fourth-order valence-corrected chi connectivity index (χ4v) is 1.34. The first kappa shape index (κ1) is 16.7. The van der Waals surface area contributed by atoms with Gasteiger partial charge in [-0.05, 0) is 25.3 Å². The third-order valence-electron chi connectivity index (χ3n) is 2.40. The summed E-state index contributed by atoms with van der Waals surface area (Å²) in [6, 6.07) is 0. The van der Waals surface area contributed by atoms with Crippen molar-refractivity contribution in [1.82, 2.24) is 10.6 Å². The average molecular weight is 258 g/mol. The summed E-state index contributed by atoms with van der Waals surface area (Å²) in [5.74, 6) is 0.844. The second-order valence-electron chi connectivity index (χ2n) is 4.75. The number of oxime groups is 1. The molecule has 0 aromatic carbocycles. The van der Waals surface area contributed by atoms with Crippen LogP contribution in [0.4, 0.5) is 0 Å². The molecule has 0 aliphatic heterocycles. The molecule has 0 aromatic rings. The van der Waals surface area contributed by atoms with Crippen molar-refractivity contribution in [3.8, 4) is 0 Å². The first-order chi connectivity index (χ1) is 8.56. The number of carbonyl (C=O) groups excluding carboxylic acids is 1. The maximum Gasteiger partial charge on any atom is 0.221 e. The van der Waals surface area contributed by atoms with Gasteiger partial charge < -0.3 is 21.6 Å². The standard InChI is InChI=1S/C12H26N4O2/c1-10(2)9-15-12(17)6-8-14-7-4-3-5-11(13)16-18/h10,14,18H,3-9H2,1-2H3,(H2,13,16)(H,15,17). The van der Waals surface area contributed by atoms with Gasteiger partial charge in [-0.1, -0.05) is 19.0 Å². The molecule has 0 fully saturated rings. The number of nitrogens with zero attached hydrogens (tertiary/aromatic N) is 1. The van der Waals surface area contributed by atoms with Crippen LogP contribution in [-0.4, -0.2) is 36.6 Å². The largest absolute Gasteiger partial charge is 0.409 e. The Hall–Kier alpha value is -1.30. The van der Waals surface area contributed by atoms with E-state index in [9.17, 15) is 4.79 Å². The minimum atomic E-state index is 0.0906. The van der Waals surface area contributed by atoms with Crippen molar-refractivity contribution < 1.29 is 10.0 Å². The number of nitrogens with two attached hydrogens (primary N) is 1. The molecule has 0 radical (unpaired) electrons. The predicted octanol–water partition coefficient (Wildman–Crippen LogP) is 0.655. The van der Waals surface area contributed by atoms with Crippen LogP contribution in [-0.2, 0) is 4.79 Å². The van der Waals surface area contributed by atoms with Gasteiger partial charge in [-0.15, -0.1) is 0 Å². The van der Waals surface area contributed by atoms with Gasteiger partial charge in [0.2, 0.25) is 5.91 Å². The highest BCUT2D eigenvalue weighted by atomic mass is 16.4. The Morgan fingerprint density at radius 2 is 2.00 bits per heavy atom. The maximum absolute atomic E-state index is 11.4. The van der Waals surface area contributed by atoms with E-state index < -0.39 is 0 Å². The zero-order chi connectivity index (χ0) is 13.8. The summed E-state index contributed by atoms with van der Waals surface area (Å²) in [6.45, 7) is 6.40. The molecule has 106 valence electrons. The number of rotatable bonds is 10. The Bertz CT molecular complexity index is 254. The molecule has 0 saturated heterocycles. The number of hydrogen-bond acceptors (Lipinski definition) is 4. The molecule has 0 spiro atoms. The van der Waals surface area contributed by atoms with E-state index in [1.807, 2.05) is 0 Å². The van der Waals surface area contributed by atoms with Crippen LogP contribution in [0.3, 0.4) is 0 Å².